The third-order valence-corrected chi connectivity index (χ3v) is 6.34. The minimum Gasteiger partial charge on any atom is -0.493 e. The van der Waals surface area contributed by atoms with E-state index < -0.39 is 6.09 Å². The molecule has 4 aromatic rings. The van der Waals surface area contributed by atoms with Gasteiger partial charge in [-0.25, -0.2) is 9.78 Å². The van der Waals surface area contributed by atoms with Crippen molar-refractivity contribution >= 4 is 22.7 Å². The molecule has 8 nitrogen and oxygen atoms in total. The fraction of sp³-hybridized carbons (Fsp3) is 0.321. The van der Waals surface area contributed by atoms with Gasteiger partial charge in [-0.2, -0.15) is 5.26 Å². The summed E-state index contributed by atoms with van der Waals surface area (Å²) in [5.41, 5.74) is 4.08. The summed E-state index contributed by atoms with van der Waals surface area (Å²) in [7, 11) is 0. The topological polar surface area (TPSA) is 102 Å². The number of nitriles is 1. The number of fused-ring (bicyclic) bond motifs is 1. The van der Waals surface area contributed by atoms with Crippen LogP contribution in [0.3, 0.4) is 0 Å². The lowest BCUT2D eigenvalue weighted by atomic mass is 9.92. The lowest BCUT2D eigenvalue weighted by Crippen LogP contribution is -2.18. The molecule has 1 aliphatic rings. The third-order valence-electron chi connectivity index (χ3n) is 6.34. The van der Waals surface area contributed by atoms with Crippen LogP contribution >= 0.6 is 0 Å². The summed E-state index contributed by atoms with van der Waals surface area (Å²) in [6.07, 6.45) is 6.36. The molecule has 0 aliphatic heterocycles. The van der Waals surface area contributed by atoms with Crippen molar-refractivity contribution in [3.8, 4) is 23.1 Å². The van der Waals surface area contributed by atoms with E-state index in [1.165, 1.54) is 6.42 Å². The number of hydrogen-bond donors (Lipinski definition) is 1. The quantitative estimate of drug-likeness (QED) is 0.307. The van der Waals surface area contributed by atoms with E-state index in [0.717, 1.165) is 40.8 Å². The predicted octanol–water partition coefficient (Wildman–Crippen LogP) is 6.47. The first-order chi connectivity index (χ1) is 17.5. The Labute approximate surface area is 209 Å². The highest BCUT2D eigenvalue weighted by molar-refractivity contribution is 5.96. The van der Waals surface area contributed by atoms with E-state index >= 15 is 0 Å². The Balaban J connectivity index is 1.47. The fourth-order valence-electron chi connectivity index (χ4n) is 4.51. The lowest BCUT2D eigenvalue weighted by Gasteiger charge is -2.30. The summed E-state index contributed by atoms with van der Waals surface area (Å²) in [6, 6.07) is 16.2. The van der Waals surface area contributed by atoms with Gasteiger partial charge in [0, 0.05) is 23.2 Å². The molecule has 0 saturated heterocycles. The van der Waals surface area contributed by atoms with E-state index in [4.69, 9.17) is 13.9 Å². The van der Waals surface area contributed by atoms with Gasteiger partial charge >= 0.3 is 6.09 Å². The lowest BCUT2D eigenvalue weighted by molar-refractivity contribution is 0.130. The third kappa shape index (κ3) is 4.78. The van der Waals surface area contributed by atoms with Crippen molar-refractivity contribution < 1.29 is 18.7 Å². The molecule has 1 amide bonds. The summed E-state index contributed by atoms with van der Waals surface area (Å²) in [5.74, 6) is 1.38. The standard InChI is InChI=1S/C28H28N4O4/c1-18(2)36-28(33)31-20-8-6-19(7-9-20)27-24(17-29)23-11-10-22(34-14-12-26-30-13-15-35-26)16-25(23)32(27)21-4-3-5-21/h6-11,13,15-16,18,21H,3-5,12,14H2,1-2H3,(H,31,33). The number of amides is 1. The number of ether oxygens (including phenoxy) is 2. The van der Waals surface area contributed by atoms with Crippen molar-refractivity contribution in [1.82, 2.24) is 9.55 Å². The average molecular weight is 485 g/mol. The van der Waals surface area contributed by atoms with Gasteiger partial charge in [0.2, 0.25) is 0 Å². The molecule has 8 heteroatoms. The molecule has 0 spiro atoms. The van der Waals surface area contributed by atoms with Crippen molar-refractivity contribution in [2.75, 3.05) is 11.9 Å². The van der Waals surface area contributed by atoms with Crippen LogP contribution in [-0.2, 0) is 11.2 Å². The largest absolute Gasteiger partial charge is 0.493 e. The number of nitrogens with zero attached hydrogens (tertiary/aromatic N) is 3. The Morgan fingerprint density at radius 2 is 2.06 bits per heavy atom. The molecular weight excluding hydrogens is 456 g/mol. The van der Waals surface area contributed by atoms with Gasteiger partial charge in [-0.1, -0.05) is 12.1 Å². The summed E-state index contributed by atoms with van der Waals surface area (Å²) in [4.78, 5) is 16.1. The maximum atomic E-state index is 12.0. The van der Waals surface area contributed by atoms with E-state index in [0.29, 0.717) is 36.2 Å². The first kappa shape index (κ1) is 23.5. The number of aromatic nitrogens is 2. The minimum absolute atomic E-state index is 0.198. The van der Waals surface area contributed by atoms with Crippen LogP contribution in [0.2, 0.25) is 0 Å². The molecule has 2 aromatic carbocycles. The van der Waals surface area contributed by atoms with Gasteiger partial charge in [-0.15, -0.1) is 0 Å². The van der Waals surface area contributed by atoms with Gasteiger partial charge in [0.1, 0.15) is 18.1 Å². The van der Waals surface area contributed by atoms with Gasteiger partial charge in [0.25, 0.3) is 0 Å². The van der Waals surface area contributed by atoms with Crippen LogP contribution < -0.4 is 10.1 Å². The van der Waals surface area contributed by atoms with E-state index in [2.05, 4.69) is 20.9 Å². The summed E-state index contributed by atoms with van der Waals surface area (Å²) in [6.45, 7) is 4.05. The molecule has 0 unspecified atom stereocenters. The van der Waals surface area contributed by atoms with Crippen LogP contribution in [0.4, 0.5) is 10.5 Å². The molecule has 1 N–H and O–H groups in total. The zero-order chi connectivity index (χ0) is 25.1. The second kappa shape index (κ2) is 10.2. The highest BCUT2D eigenvalue weighted by Crippen LogP contribution is 2.43. The Bertz CT molecular complexity index is 1390. The second-order valence-corrected chi connectivity index (χ2v) is 9.15. The maximum absolute atomic E-state index is 12.0. The Morgan fingerprint density at radius 1 is 1.25 bits per heavy atom. The zero-order valence-corrected chi connectivity index (χ0v) is 20.4. The summed E-state index contributed by atoms with van der Waals surface area (Å²) >= 11 is 0. The zero-order valence-electron chi connectivity index (χ0n) is 20.4. The molecule has 184 valence electrons. The molecule has 0 bridgehead atoms. The van der Waals surface area contributed by atoms with Crippen molar-refractivity contribution in [3.63, 3.8) is 0 Å². The number of oxazole rings is 1. The molecule has 1 aliphatic carbocycles. The number of carbonyl (C=O) groups is 1. The molecule has 1 saturated carbocycles. The van der Waals surface area contributed by atoms with Gasteiger partial charge in [0.05, 0.1) is 42.1 Å². The van der Waals surface area contributed by atoms with Crippen molar-refractivity contribution in [1.29, 1.82) is 5.26 Å². The highest BCUT2D eigenvalue weighted by Gasteiger charge is 2.28. The van der Waals surface area contributed by atoms with Gasteiger partial charge in [-0.05, 0) is 62.9 Å². The molecule has 5 rings (SSSR count). The van der Waals surface area contributed by atoms with E-state index in [1.807, 2.05) is 42.5 Å². The fourth-order valence-corrected chi connectivity index (χ4v) is 4.51. The van der Waals surface area contributed by atoms with Gasteiger partial charge in [0.15, 0.2) is 5.89 Å². The summed E-state index contributed by atoms with van der Waals surface area (Å²) < 4.78 is 18.7. The van der Waals surface area contributed by atoms with Gasteiger partial charge in [-0.3, -0.25) is 5.32 Å². The van der Waals surface area contributed by atoms with Crippen LogP contribution in [0.5, 0.6) is 5.75 Å². The molecule has 2 aromatic heterocycles. The first-order valence-electron chi connectivity index (χ1n) is 12.2. The molecule has 0 radical (unpaired) electrons. The van der Waals surface area contributed by atoms with E-state index in [-0.39, 0.29) is 6.10 Å². The summed E-state index contributed by atoms with van der Waals surface area (Å²) in [5, 5.41) is 13.8. The number of rotatable bonds is 8. The normalized spacial score (nSPS) is 13.4. The van der Waals surface area contributed by atoms with Crippen molar-refractivity contribution in [2.45, 2.75) is 51.7 Å². The molecule has 0 atom stereocenters. The highest BCUT2D eigenvalue weighted by atomic mass is 16.6. The van der Waals surface area contributed by atoms with Gasteiger partial charge < -0.3 is 18.5 Å². The molecule has 2 heterocycles. The number of carbonyl (C=O) groups excluding carboxylic acids is 1. The van der Waals surface area contributed by atoms with Crippen molar-refractivity contribution in [3.05, 3.63) is 66.4 Å². The number of benzene rings is 2. The average Bonchev–Trinajstić information content (AvgIpc) is 3.44. The Morgan fingerprint density at radius 3 is 2.69 bits per heavy atom. The van der Waals surface area contributed by atoms with E-state index in [1.54, 1.807) is 26.3 Å². The smallest absolute Gasteiger partial charge is 0.411 e. The number of hydrogen-bond acceptors (Lipinski definition) is 6. The van der Waals surface area contributed by atoms with Crippen LogP contribution in [0.15, 0.2) is 59.3 Å². The number of anilines is 1. The first-order valence-corrected chi connectivity index (χ1v) is 12.2. The Hall–Kier alpha value is -4.25. The Kier molecular flexibility index (Phi) is 6.63. The van der Waals surface area contributed by atoms with Crippen molar-refractivity contribution in [2.24, 2.45) is 0 Å². The minimum atomic E-state index is -0.491. The second-order valence-electron chi connectivity index (χ2n) is 9.15. The van der Waals surface area contributed by atoms with E-state index in [9.17, 15) is 10.1 Å². The maximum Gasteiger partial charge on any atom is 0.411 e. The predicted molar refractivity (Wildman–Crippen MR) is 136 cm³/mol. The molecule has 36 heavy (non-hydrogen) atoms. The monoisotopic (exact) mass is 484 g/mol. The number of nitrogens with one attached hydrogen (secondary N) is 1. The SMILES string of the molecule is CC(C)OC(=O)Nc1ccc(-c2c(C#N)c3ccc(OCCc4ncco4)cc3n2C2CCC2)cc1. The molecule has 1 fully saturated rings. The van der Waals surface area contributed by atoms with Crippen LogP contribution in [-0.4, -0.2) is 28.4 Å². The van der Waals surface area contributed by atoms with Crippen LogP contribution in [0, 0.1) is 11.3 Å². The van der Waals surface area contributed by atoms with Crippen LogP contribution in [0.1, 0.15) is 50.6 Å². The van der Waals surface area contributed by atoms with Crippen LogP contribution in [0.25, 0.3) is 22.2 Å². The molecular formula is C28H28N4O4.